The second kappa shape index (κ2) is 10.5. The number of rotatable bonds is 11. The summed E-state index contributed by atoms with van der Waals surface area (Å²) in [4.78, 5) is 11.7. The number of hydrogen-bond donors (Lipinski definition) is 1. The summed E-state index contributed by atoms with van der Waals surface area (Å²) in [7, 11) is 0. The topological polar surface area (TPSA) is 52.3 Å². The summed E-state index contributed by atoms with van der Waals surface area (Å²) in [6.45, 7) is 2.94. The molecule has 0 unspecified atom stereocenters. The third-order valence-corrected chi connectivity index (χ3v) is 4.36. The quantitative estimate of drug-likeness (QED) is 0.543. The van der Waals surface area contributed by atoms with Gasteiger partial charge in [-0.1, -0.05) is 75.8 Å². The number of carbonyl (C=O) groups is 1. The zero-order valence-electron chi connectivity index (χ0n) is 15.2. The largest absolute Gasteiger partial charge is 0.494 e. The Morgan fingerprint density at radius 2 is 1.60 bits per heavy atom. The second-order valence-electron chi connectivity index (χ2n) is 6.41. The van der Waals surface area contributed by atoms with Crippen LogP contribution in [0.1, 0.15) is 62.2 Å². The molecule has 0 bridgehead atoms. The molecule has 0 aliphatic heterocycles. The highest BCUT2D eigenvalue weighted by molar-refractivity contribution is 6.00. The van der Waals surface area contributed by atoms with Gasteiger partial charge in [-0.25, -0.2) is 0 Å². The summed E-state index contributed by atoms with van der Waals surface area (Å²) < 4.78 is 5.88. The van der Waals surface area contributed by atoms with Gasteiger partial charge in [0.1, 0.15) is 5.75 Å². The Balaban J connectivity index is 1.91. The molecule has 0 atom stereocenters. The number of amides is 1. The standard InChI is InChI=1S/C22H29NO2/c1-2-3-4-5-6-7-11-16-25-19-14-15-20(22(23)24)21(17-19)18-12-9-8-10-13-18/h8-10,12-15,17H,2-7,11,16H2,1H3,(H2,23,24). The van der Waals surface area contributed by atoms with Crippen LogP contribution < -0.4 is 10.5 Å². The second-order valence-corrected chi connectivity index (χ2v) is 6.41. The molecule has 0 spiro atoms. The summed E-state index contributed by atoms with van der Waals surface area (Å²) in [5, 5.41) is 0. The Morgan fingerprint density at radius 3 is 2.28 bits per heavy atom. The zero-order valence-corrected chi connectivity index (χ0v) is 15.2. The van der Waals surface area contributed by atoms with E-state index in [0.29, 0.717) is 12.2 Å². The summed E-state index contributed by atoms with van der Waals surface area (Å²) in [6, 6.07) is 15.3. The van der Waals surface area contributed by atoms with Gasteiger partial charge in [-0.2, -0.15) is 0 Å². The van der Waals surface area contributed by atoms with Gasteiger partial charge in [-0.15, -0.1) is 0 Å². The number of primary amides is 1. The van der Waals surface area contributed by atoms with Crippen LogP contribution in [0.5, 0.6) is 5.75 Å². The molecule has 2 aromatic carbocycles. The highest BCUT2D eigenvalue weighted by Gasteiger charge is 2.11. The molecule has 1 amide bonds. The first kappa shape index (κ1) is 19.0. The van der Waals surface area contributed by atoms with Gasteiger partial charge in [0.15, 0.2) is 0 Å². The van der Waals surface area contributed by atoms with Gasteiger partial charge < -0.3 is 10.5 Å². The maximum absolute atomic E-state index is 11.7. The first-order valence-electron chi connectivity index (χ1n) is 9.34. The van der Waals surface area contributed by atoms with Crippen molar-refractivity contribution < 1.29 is 9.53 Å². The molecule has 0 fully saturated rings. The third-order valence-electron chi connectivity index (χ3n) is 4.36. The van der Waals surface area contributed by atoms with E-state index in [9.17, 15) is 4.79 Å². The number of carbonyl (C=O) groups excluding carboxylic acids is 1. The van der Waals surface area contributed by atoms with Gasteiger partial charge in [-0.3, -0.25) is 4.79 Å². The average Bonchev–Trinajstić information content (AvgIpc) is 2.64. The summed E-state index contributed by atoms with van der Waals surface area (Å²) in [5.41, 5.74) is 7.83. The maximum atomic E-state index is 11.7. The van der Waals surface area contributed by atoms with Gasteiger partial charge in [0.25, 0.3) is 0 Å². The van der Waals surface area contributed by atoms with Gasteiger partial charge in [0.05, 0.1) is 6.61 Å². The molecule has 0 saturated heterocycles. The van der Waals surface area contributed by atoms with Crippen molar-refractivity contribution in [1.29, 1.82) is 0 Å². The lowest BCUT2D eigenvalue weighted by atomic mass is 9.99. The van der Waals surface area contributed by atoms with Crippen molar-refractivity contribution in [3.63, 3.8) is 0 Å². The smallest absolute Gasteiger partial charge is 0.249 e. The van der Waals surface area contributed by atoms with Crippen LogP contribution >= 0.6 is 0 Å². The van der Waals surface area contributed by atoms with E-state index in [2.05, 4.69) is 6.92 Å². The Bertz CT molecular complexity index is 652. The first-order valence-corrected chi connectivity index (χ1v) is 9.34. The van der Waals surface area contributed by atoms with Crippen LogP contribution in [0.3, 0.4) is 0 Å². The van der Waals surface area contributed by atoms with E-state index >= 15 is 0 Å². The van der Waals surface area contributed by atoms with Crippen molar-refractivity contribution >= 4 is 5.91 Å². The fourth-order valence-corrected chi connectivity index (χ4v) is 2.93. The molecule has 0 radical (unpaired) electrons. The van der Waals surface area contributed by atoms with Gasteiger partial charge in [0.2, 0.25) is 5.91 Å². The molecule has 2 aromatic rings. The van der Waals surface area contributed by atoms with Crippen LogP contribution in [0, 0.1) is 0 Å². The Labute approximate surface area is 151 Å². The van der Waals surface area contributed by atoms with Crippen LogP contribution in [-0.2, 0) is 0 Å². The molecule has 0 aliphatic rings. The lowest BCUT2D eigenvalue weighted by Gasteiger charge is -2.11. The molecule has 0 aromatic heterocycles. The molecular weight excluding hydrogens is 310 g/mol. The Morgan fingerprint density at radius 1 is 0.920 bits per heavy atom. The van der Waals surface area contributed by atoms with Gasteiger partial charge in [0, 0.05) is 5.56 Å². The van der Waals surface area contributed by atoms with Crippen molar-refractivity contribution in [2.24, 2.45) is 5.73 Å². The molecule has 0 heterocycles. The molecular formula is C22H29NO2. The van der Waals surface area contributed by atoms with E-state index in [1.54, 1.807) is 6.07 Å². The van der Waals surface area contributed by atoms with Crippen molar-refractivity contribution in [1.82, 2.24) is 0 Å². The normalized spacial score (nSPS) is 10.6. The van der Waals surface area contributed by atoms with Crippen molar-refractivity contribution in [3.05, 3.63) is 54.1 Å². The molecule has 0 aliphatic carbocycles. The lowest BCUT2D eigenvalue weighted by Crippen LogP contribution is -2.12. The SMILES string of the molecule is CCCCCCCCCOc1ccc(C(N)=O)c(-c2ccccc2)c1. The van der Waals surface area contributed by atoms with Gasteiger partial charge >= 0.3 is 0 Å². The first-order chi connectivity index (χ1) is 12.2. The predicted molar refractivity (Wildman–Crippen MR) is 104 cm³/mol. The van der Waals surface area contributed by atoms with Crippen LogP contribution in [0.2, 0.25) is 0 Å². The number of hydrogen-bond acceptors (Lipinski definition) is 2. The van der Waals surface area contributed by atoms with Crippen LogP contribution in [0.25, 0.3) is 11.1 Å². The summed E-state index contributed by atoms with van der Waals surface area (Å²) in [6.07, 6.45) is 8.82. The number of unbranched alkanes of at least 4 members (excludes halogenated alkanes) is 6. The van der Waals surface area contributed by atoms with Crippen LogP contribution in [0.15, 0.2) is 48.5 Å². The summed E-state index contributed by atoms with van der Waals surface area (Å²) >= 11 is 0. The molecule has 134 valence electrons. The number of nitrogens with two attached hydrogens (primary N) is 1. The fraction of sp³-hybridized carbons (Fsp3) is 0.409. The lowest BCUT2D eigenvalue weighted by molar-refractivity contribution is 0.100. The third kappa shape index (κ3) is 6.26. The molecule has 3 nitrogen and oxygen atoms in total. The van der Waals surface area contributed by atoms with Gasteiger partial charge in [-0.05, 0) is 35.7 Å². The van der Waals surface area contributed by atoms with Crippen LogP contribution in [0.4, 0.5) is 0 Å². The minimum Gasteiger partial charge on any atom is -0.494 e. The van der Waals surface area contributed by atoms with Crippen molar-refractivity contribution in [2.75, 3.05) is 6.61 Å². The monoisotopic (exact) mass is 339 g/mol. The zero-order chi connectivity index (χ0) is 17.9. The highest BCUT2D eigenvalue weighted by Crippen LogP contribution is 2.28. The fourth-order valence-electron chi connectivity index (χ4n) is 2.93. The van der Waals surface area contributed by atoms with Crippen LogP contribution in [-0.4, -0.2) is 12.5 Å². The van der Waals surface area contributed by atoms with E-state index < -0.39 is 5.91 Å². The molecule has 2 rings (SSSR count). The van der Waals surface area contributed by atoms with E-state index in [-0.39, 0.29) is 0 Å². The molecule has 25 heavy (non-hydrogen) atoms. The molecule has 3 heteroatoms. The van der Waals surface area contributed by atoms with Crippen molar-refractivity contribution in [3.8, 4) is 16.9 Å². The maximum Gasteiger partial charge on any atom is 0.249 e. The number of benzene rings is 2. The average molecular weight is 339 g/mol. The molecule has 0 saturated carbocycles. The van der Waals surface area contributed by atoms with Crippen molar-refractivity contribution in [2.45, 2.75) is 51.9 Å². The Kier molecular flexibility index (Phi) is 8.03. The predicted octanol–water partition coefficient (Wildman–Crippen LogP) is 5.58. The van der Waals surface area contributed by atoms with E-state index in [0.717, 1.165) is 23.3 Å². The molecule has 2 N–H and O–H groups in total. The summed E-state index contributed by atoms with van der Waals surface area (Å²) in [5.74, 6) is 0.368. The minimum atomic E-state index is -0.419. The van der Waals surface area contributed by atoms with E-state index in [1.165, 1.54) is 38.5 Å². The highest BCUT2D eigenvalue weighted by atomic mass is 16.5. The Hall–Kier alpha value is -2.29. The number of ether oxygens (including phenoxy) is 1. The van der Waals surface area contributed by atoms with E-state index in [1.807, 2.05) is 42.5 Å². The van der Waals surface area contributed by atoms with E-state index in [4.69, 9.17) is 10.5 Å². The minimum absolute atomic E-state index is 0.419.